The fourth-order valence-corrected chi connectivity index (χ4v) is 3.24. The van der Waals surface area contributed by atoms with Crippen molar-refractivity contribution in [3.63, 3.8) is 0 Å². The van der Waals surface area contributed by atoms with Crippen LogP contribution >= 0.6 is 38.5 Å². The second-order valence-electron chi connectivity index (χ2n) is 4.71. The molecule has 1 amide bonds. The van der Waals surface area contributed by atoms with Gasteiger partial charge in [-0.1, -0.05) is 15.9 Å². The zero-order chi connectivity index (χ0) is 14.7. The Labute approximate surface area is 140 Å². The molecule has 6 heteroatoms. The van der Waals surface area contributed by atoms with Crippen molar-refractivity contribution in [1.29, 1.82) is 0 Å². The lowest BCUT2D eigenvalue weighted by atomic mass is 9.96. The van der Waals surface area contributed by atoms with Crippen LogP contribution in [0.4, 0.5) is 0 Å². The molecule has 2 rings (SSSR count). The molecular weight excluding hydrogens is 437 g/mol. The van der Waals surface area contributed by atoms with E-state index < -0.39 is 0 Å². The number of hydrogen-bond donors (Lipinski definition) is 0. The van der Waals surface area contributed by atoms with Gasteiger partial charge >= 0.3 is 5.97 Å². The Bertz CT molecular complexity index is 527. The maximum Gasteiger partial charge on any atom is 0.308 e. The third-order valence-electron chi connectivity index (χ3n) is 3.48. The minimum atomic E-state index is -0.172. The normalized spacial score (nSPS) is 16.1. The van der Waals surface area contributed by atoms with Crippen LogP contribution in [0.25, 0.3) is 0 Å². The average molecular weight is 452 g/mol. The van der Waals surface area contributed by atoms with Gasteiger partial charge in [0.1, 0.15) is 0 Å². The van der Waals surface area contributed by atoms with Gasteiger partial charge in [0.05, 0.1) is 18.6 Å². The maximum absolute atomic E-state index is 12.5. The van der Waals surface area contributed by atoms with Crippen molar-refractivity contribution in [1.82, 2.24) is 4.90 Å². The van der Waals surface area contributed by atoms with E-state index >= 15 is 0 Å². The summed E-state index contributed by atoms with van der Waals surface area (Å²) in [6.07, 6.45) is 1.34. The number of piperidine rings is 1. The lowest BCUT2D eigenvalue weighted by Gasteiger charge is -2.31. The van der Waals surface area contributed by atoms with Gasteiger partial charge in [-0.15, -0.1) is 0 Å². The largest absolute Gasteiger partial charge is 0.469 e. The first-order valence-corrected chi connectivity index (χ1v) is 8.22. The van der Waals surface area contributed by atoms with Gasteiger partial charge in [-0.05, 0) is 53.6 Å². The molecule has 0 unspecified atom stereocenters. The number of methoxy groups -OCH3 is 1. The van der Waals surface area contributed by atoms with Crippen LogP contribution in [0, 0.1) is 9.49 Å². The molecule has 108 valence electrons. The van der Waals surface area contributed by atoms with Gasteiger partial charge in [0.2, 0.25) is 0 Å². The zero-order valence-electron chi connectivity index (χ0n) is 11.1. The molecule has 4 nitrogen and oxygen atoms in total. The summed E-state index contributed by atoms with van der Waals surface area (Å²) in [6, 6.07) is 5.68. The van der Waals surface area contributed by atoms with Crippen molar-refractivity contribution in [2.24, 2.45) is 5.92 Å². The lowest BCUT2D eigenvalue weighted by molar-refractivity contribution is -0.146. The Morgan fingerprint density at radius 1 is 1.35 bits per heavy atom. The van der Waals surface area contributed by atoms with E-state index in [1.165, 1.54) is 7.11 Å². The molecule has 0 aliphatic carbocycles. The SMILES string of the molecule is COC(=O)C1CCN(C(=O)c2cc(Br)ccc2I)CC1. The molecule has 1 aliphatic heterocycles. The predicted molar refractivity (Wildman–Crippen MR) is 87.5 cm³/mol. The summed E-state index contributed by atoms with van der Waals surface area (Å²) >= 11 is 5.56. The Balaban J connectivity index is 2.05. The molecule has 1 aromatic carbocycles. The third-order valence-corrected chi connectivity index (χ3v) is 4.91. The number of benzene rings is 1. The standard InChI is InChI=1S/C14H15BrINO3/c1-20-14(19)9-4-6-17(7-5-9)13(18)11-8-10(15)2-3-12(11)16/h2-3,8-9H,4-7H2,1H3. The number of halogens is 2. The number of esters is 1. The molecule has 1 aliphatic rings. The summed E-state index contributed by atoms with van der Waals surface area (Å²) < 4.78 is 6.59. The Morgan fingerprint density at radius 2 is 2.00 bits per heavy atom. The first-order valence-electron chi connectivity index (χ1n) is 6.35. The molecule has 0 N–H and O–H groups in total. The highest BCUT2D eigenvalue weighted by Gasteiger charge is 2.28. The Hall–Kier alpha value is -0.630. The molecule has 1 aromatic rings. The van der Waals surface area contributed by atoms with Crippen LogP contribution in [0.5, 0.6) is 0 Å². The number of rotatable bonds is 2. The predicted octanol–water partition coefficient (Wildman–Crippen LogP) is 3.08. The van der Waals surface area contributed by atoms with Gasteiger partial charge in [0.25, 0.3) is 5.91 Å². The van der Waals surface area contributed by atoms with Crippen LogP contribution in [-0.2, 0) is 9.53 Å². The molecule has 1 heterocycles. The van der Waals surface area contributed by atoms with Gasteiger partial charge in [-0.25, -0.2) is 0 Å². The number of likely N-dealkylation sites (tertiary alicyclic amines) is 1. The molecule has 0 atom stereocenters. The van der Waals surface area contributed by atoms with Crippen LogP contribution in [0.2, 0.25) is 0 Å². The van der Waals surface area contributed by atoms with E-state index in [0.717, 1.165) is 8.04 Å². The van der Waals surface area contributed by atoms with Crippen molar-refractivity contribution < 1.29 is 14.3 Å². The molecule has 0 spiro atoms. The second kappa shape index (κ2) is 6.89. The summed E-state index contributed by atoms with van der Waals surface area (Å²) in [7, 11) is 1.41. The highest BCUT2D eigenvalue weighted by atomic mass is 127. The highest BCUT2D eigenvalue weighted by Crippen LogP contribution is 2.24. The molecule has 0 aromatic heterocycles. The van der Waals surface area contributed by atoms with E-state index in [1.807, 2.05) is 23.1 Å². The van der Waals surface area contributed by atoms with E-state index in [9.17, 15) is 9.59 Å². The third kappa shape index (κ3) is 3.52. The number of amides is 1. The van der Waals surface area contributed by atoms with Gasteiger partial charge in [-0.3, -0.25) is 9.59 Å². The first kappa shape index (κ1) is 15.8. The van der Waals surface area contributed by atoms with Crippen molar-refractivity contribution in [2.45, 2.75) is 12.8 Å². The highest BCUT2D eigenvalue weighted by molar-refractivity contribution is 14.1. The first-order chi connectivity index (χ1) is 9.52. The number of ether oxygens (including phenoxy) is 1. The van der Waals surface area contributed by atoms with Crippen molar-refractivity contribution in [3.05, 3.63) is 31.8 Å². The summed E-state index contributed by atoms with van der Waals surface area (Å²) in [6.45, 7) is 1.20. The van der Waals surface area contributed by atoms with Gasteiger partial charge in [0, 0.05) is 21.1 Å². The van der Waals surface area contributed by atoms with Gasteiger partial charge in [0.15, 0.2) is 0 Å². The van der Waals surface area contributed by atoms with Crippen molar-refractivity contribution in [3.8, 4) is 0 Å². The van der Waals surface area contributed by atoms with E-state index in [4.69, 9.17) is 4.74 Å². The van der Waals surface area contributed by atoms with Gasteiger partial charge < -0.3 is 9.64 Å². The lowest BCUT2D eigenvalue weighted by Crippen LogP contribution is -2.40. The quantitative estimate of drug-likeness (QED) is 0.512. The monoisotopic (exact) mass is 451 g/mol. The Kier molecular flexibility index (Phi) is 5.42. The summed E-state index contributed by atoms with van der Waals surface area (Å²) in [5.41, 5.74) is 0.705. The number of carbonyl (C=O) groups is 2. The van der Waals surface area contributed by atoms with Crippen molar-refractivity contribution >= 4 is 50.4 Å². The van der Waals surface area contributed by atoms with E-state index in [0.29, 0.717) is 31.5 Å². The van der Waals surface area contributed by atoms with Gasteiger partial charge in [-0.2, -0.15) is 0 Å². The average Bonchev–Trinajstić information content (AvgIpc) is 2.48. The smallest absolute Gasteiger partial charge is 0.308 e. The topological polar surface area (TPSA) is 46.6 Å². The number of hydrogen-bond acceptors (Lipinski definition) is 3. The van der Waals surface area contributed by atoms with Crippen LogP contribution < -0.4 is 0 Å². The Morgan fingerprint density at radius 3 is 2.60 bits per heavy atom. The molecule has 20 heavy (non-hydrogen) atoms. The minimum Gasteiger partial charge on any atom is -0.469 e. The molecule has 0 bridgehead atoms. The van der Waals surface area contributed by atoms with Crippen LogP contribution in [-0.4, -0.2) is 37.0 Å². The number of carbonyl (C=O) groups excluding carboxylic acids is 2. The van der Waals surface area contributed by atoms with Crippen LogP contribution in [0.15, 0.2) is 22.7 Å². The fourth-order valence-electron chi connectivity index (χ4n) is 2.32. The van der Waals surface area contributed by atoms with E-state index in [1.54, 1.807) is 0 Å². The second-order valence-corrected chi connectivity index (χ2v) is 6.79. The molecular formula is C14H15BrINO3. The molecule has 0 radical (unpaired) electrons. The van der Waals surface area contributed by atoms with E-state index in [-0.39, 0.29) is 17.8 Å². The van der Waals surface area contributed by atoms with Crippen molar-refractivity contribution in [2.75, 3.05) is 20.2 Å². The van der Waals surface area contributed by atoms with E-state index in [2.05, 4.69) is 38.5 Å². The maximum atomic E-state index is 12.5. The number of nitrogens with zero attached hydrogens (tertiary/aromatic N) is 1. The molecule has 0 saturated carbocycles. The minimum absolute atomic E-state index is 0.0269. The fraction of sp³-hybridized carbons (Fsp3) is 0.429. The van der Waals surface area contributed by atoms with Crippen LogP contribution in [0.3, 0.4) is 0 Å². The molecule has 1 fully saturated rings. The molecule has 1 saturated heterocycles. The van der Waals surface area contributed by atoms with Crippen LogP contribution in [0.1, 0.15) is 23.2 Å². The summed E-state index contributed by atoms with van der Waals surface area (Å²) in [5, 5.41) is 0. The zero-order valence-corrected chi connectivity index (χ0v) is 14.8. The summed E-state index contributed by atoms with van der Waals surface area (Å²) in [5.74, 6) is -0.223. The summed E-state index contributed by atoms with van der Waals surface area (Å²) in [4.78, 5) is 25.8.